The highest BCUT2D eigenvalue weighted by Crippen LogP contribution is 2.37. The Morgan fingerprint density at radius 2 is 1.85 bits per heavy atom. The second-order valence-electron chi connectivity index (χ2n) is 5.85. The van der Waals surface area contributed by atoms with Gasteiger partial charge in [-0.15, -0.1) is 0 Å². The van der Waals surface area contributed by atoms with E-state index >= 15 is 0 Å². The third-order valence-electron chi connectivity index (χ3n) is 3.94. The highest BCUT2D eigenvalue weighted by molar-refractivity contribution is 6.42. The maximum absolute atomic E-state index is 13.4. The van der Waals surface area contributed by atoms with Crippen LogP contribution in [0, 0.1) is 11.3 Å². The number of benzene rings is 2. The summed E-state index contributed by atoms with van der Waals surface area (Å²) in [5.41, 5.74) is 0.718. The fourth-order valence-electron chi connectivity index (χ4n) is 2.68. The predicted molar refractivity (Wildman–Crippen MR) is 95.2 cm³/mol. The summed E-state index contributed by atoms with van der Waals surface area (Å²) in [6.07, 6.45) is -7.50. The molecule has 9 heteroatoms. The number of nitriles is 1. The molecule has 0 radical (unpaired) electrons. The molecule has 1 heterocycles. The quantitative estimate of drug-likeness (QED) is 0.700. The topological polar surface area (TPSA) is 45.5 Å². The highest BCUT2D eigenvalue weighted by Gasteiger charge is 2.51. The molecule has 0 N–H and O–H groups in total. The Bertz CT molecular complexity index is 853. The van der Waals surface area contributed by atoms with E-state index in [1.165, 1.54) is 18.2 Å². The number of hydrogen-bond acceptors (Lipinski definition) is 4. The normalized spacial score (nSPS) is 19.8. The van der Waals surface area contributed by atoms with Crippen molar-refractivity contribution in [3.05, 3.63) is 58.1 Å². The van der Waals surface area contributed by atoms with Crippen molar-refractivity contribution in [3.63, 3.8) is 0 Å². The second-order valence-corrected chi connectivity index (χ2v) is 6.66. The first kappa shape index (κ1) is 19.6. The van der Waals surface area contributed by atoms with E-state index in [2.05, 4.69) is 0 Å². The Morgan fingerprint density at radius 3 is 2.44 bits per heavy atom. The van der Waals surface area contributed by atoms with Crippen molar-refractivity contribution in [1.82, 2.24) is 0 Å². The maximum Gasteiger partial charge on any atom is 0.433 e. The Hall–Kier alpha value is -2.14. The number of halogens is 5. The van der Waals surface area contributed by atoms with Crippen LogP contribution in [0.5, 0.6) is 5.75 Å². The lowest BCUT2D eigenvalue weighted by Gasteiger charge is -2.26. The zero-order valence-electron chi connectivity index (χ0n) is 13.7. The number of ether oxygens (including phenoxy) is 2. The van der Waals surface area contributed by atoms with Crippen molar-refractivity contribution in [3.8, 4) is 11.8 Å². The lowest BCUT2D eigenvalue weighted by Crippen LogP contribution is -2.42. The SMILES string of the molecule is N#Cc1ccc(OCC2CN(c3ccc(Cl)c(Cl)c3)C(C(F)(F)F)O2)cc1. The van der Waals surface area contributed by atoms with Crippen molar-refractivity contribution in [1.29, 1.82) is 5.26 Å². The van der Waals surface area contributed by atoms with Crippen molar-refractivity contribution in [2.75, 3.05) is 18.1 Å². The molecule has 4 nitrogen and oxygen atoms in total. The van der Waals surface area contributed by atoms with E-state index in [-0.39, 0.29) is 28.9 Å². The average molecular weight is 417 g/mol. The van der Waals surface area contributed by atoms with Crippen LogP contribution >= 0.6 is 23.2 Å². The summed E-state index contributed by atoms with van der Waals surface area (Å²) in [5, 5.41) is 9.18. The van der Waals surface area contributed by atoms with Crippen LogP contribution in [0.3, 0.4) is 0 Å². The summed E-state index contributed by atoms with van der Waals surface area (Å²) in [4.78, 5) is 1.08. The summed E-state index contributed by atoms with van der Waals surface area (Å²) < 4.78 is 50.9. The lowest BCUT2D eigenvalue weighted by atomic mass is 10.2. The van der Waals surface area contributed by atoms with E-state index in [1.807, 2.05) is 6.07 Å². The molecule has 2 atom stereocenters. The fourth-order valence-corrected chi connectivity index (χ4v) is 2.97. The van der Waals surface area contributed by atoms with Gasteiger partial charge in [0.05, 0.1) is 28.2 Å². The van der Waals surface area contributed by atoms with E-state index < -0.39 is 18.5 Å². The first-order valence-corrected chi connectivity index (χ1v) is 8.60. The Morgan fingerprint density at radius 1 is 1.15 bits per heavy atom. The molecule has 0 saturated carbocycles. The smallest absolute Gasteiger partial charge is 0.433 e. The van der Waals surface area contributed by atoms with Crippen LogP contribution in [0.2, 0.25) is 10.0 Å². The Balaban J connectivity index is 1.72. The molecule has 1 aliphatic rings. The average Bonchev–Trinajstić information content (AvgIpc) is 3.07. The zero-order chi connectivity index (χ0) is 19.6. The van der Waals surface area contributed by atoms with Gasteiger partial charge in [-0.1, -0.05) is 23.2 Å². The molecule has 1 fully saturated rings. The van der Waals surface area contributed by atoms with Gasteiger partial charge in [-0.3, -0.25) is 0 Å². The molecular formula is C18H13Cl2F3N2O2. The van der Waals surface area contributed by atoms with Crippen LogP contribution in [0.1, 0.15) is 5.56 Å². The molecule has 0 amide bonds. The van der Waals surface area contributed by atoms with E-state index in [0.29, 0.717) is 11.3 Å². The van der Waals surface area contributed by atoms with Crippen LogP contribution in [0.25, 0.3) is 0 Å². The molecule has 3 rings (SSSR count). The van der Waals surface area contributed by atoms with Gasteiger partial charge >= 0.3 is 6.18 Å². The summed E-state index contributed by atoms with van der Waals surface area (Å²) in [7, 11) is 0. The van der Waals surface area contributed by atoms with Gasteiger partial charge in [-0.2, -0.15) is 18.4 Å². The van der Waals surface area contributed by atoms with Crippen molar-refractivity contribution in [2.45, 2.75) is 18.5 Å². The zero-order valence-corrected chi connectivity index (χ0v) is 15.2. The second kappa shape index (κ2) is 7.85. The third kappa shape index (κ3) is 4.59. The summed E-state index contributed by atoms with van der Waals surface area (Å²) in [6, 6.07) is 12.5. The summed E-state index contributed by atoms with van der Waals surface area (Å²) in [5.74, 6) is 0.439. The van der Waals surface area contributed by atoms with Gasteiger partial charge in [0.15, 0.2) is 0 Å². The van der Waals surface area contributed by atoms with Crippen molar-refractivity contribution >= 4 is 28.9 Å². The number of anilines is 1. The first-order valence-electron chi connectivity index (χ1n) is 7.85. The standard InChI is InChI=1S/C18H13Cl2F3N2O2/c19-15-6-3-12(7-16(15)20)25-9-14(27-17(25)18(21,22)23)10-26-13-4-1-11(8-24)2-5-13/h1-7,14,17H,9-10H2. The highest BCUT2D eigenvalue weighted by atomic mass is 35.5. The molecule has 2 aromatic rings. The summed E-state index contributed by atoms with van der Waals surface area (Å²) in [6.45, 7) is -0.102. The molecule has 27 heavy (non-hydrogen) atoms. The van der Waals surface area contributed by atoms with Gasteiger partial charge < -0.3 is 14.4 Å². The number of nitrogens with zero attached hydrogens (tertiary/aromatic N) is 2. The van der Waals surface area contributed by atoms with E-state index in [0.717, 1.165) is 4.90 Å². The molecule has 2 aromatic carbocycles. The van der Waals surface area contributed by atoms with Gasteiger partial charge in [0.1, 0.15) is 18.5 Å². The maximum atomic E-state index is 13.4. The van der Waals surface area contributed by atoms with Gasteiger partial charge in [0, 0.05) is 5.69 Å². The number of alkyl halides is 3. The molecule has 142 valence electrons. The van der Waals surface area contributed by atoms with Crippen LogP contribution in [0.15, 0.2) is 42.5 Å². The minimum atomic E-state index is -4.59. The Labute approximate surface area is 163 Å². The third-order valence-corrected chi connectivity index (χ3v) is 4.68. The molecule has 0 aromatic heterocycles. The first-order chi connectivity index (χ1) is 12.8. The number of hydrogen-bond donors (Lipinski definition) is 0. The molecule has 0 spiro atoms. The van der Waals surface area contributed by atoms with Crippen LogP contribution in [-0.2, 0) is 4.74 Å². The largest absolute Gasteiger partial charge is 0.491 e. The Kier molecular flexibility index (Phi) is 5.70. The molecule has 1 aliphatic heterocycles. The molecule has 0 aliphatic carbocycles. The van der Waals surface area contributed by atoms with Crippen molar-refractivity contribution < 1.29 is 22.6 Å². The fraction of sp³-hybridized carbons (Fsp3) is 0.278. The van der Waals surface area contributed by atoms with E-state index in [9.17, 15) is 13.2 Å². The molecule has 2 unspecified atom stereocenters. The van der Waals surface area contributed by atoms with Gasteiger partial charge in [0.2, 0.25) is 6.23 Å². The lowest BCUT2D eigenvalue weighted by molar-refractivity contribution is -0.215. The van der Waals surface area contributed by atoms with E-state index in [4.69, 9.17) is 37.9 Å². The van der Waals surface area contributed by atoms with Gasteiger partial charge in [-0.25, -0.2) is 0 Å². The van der Waals surface area contributed by atoms with Gasteiger partial charge in [0.25, 0.3) is 0 Å². The van der Waals surface area contributed by atoms with Crippen LogP contribution in [-0.4, -0.2) is 31.7 Å². The van der Waals surface area contributed by atoms with E-state index in [1.54, 1.807) is 24.3 Å². The molecule has 1 saturated heterocycles. The van der Waals surface area contributed by atoms with Crippen LogP contribution in [0.4, 0.5) is 18.9 Å². The minimum absolute atomic E-state index is 0.0293. The van der Waals surface area contributed by atoms with Gasteiger partial charge in [-0.05, 0) is 42.5 Å². The number of rotatable bonds is 4. The monoisotopic (exact) mass is 416 g/mol. The molecule has 0 bridgehead atoms. The van der Waals surface area contributed by atoms with Crippen molar-refractivity contribution in [2.24, 2.45) is 0 Å². The molecular weight excluding hydrogens is 404 g/mol. The minimum Gasteiger partial charge on any atom is -0.491 e. The summed E-state index contributed by atoms with van der Waals surface area (Å²) >= 11 is 11.8. The predicted octanol–water partition coefficient (Wildman–Crippen LogP) is 5.04. The van der Waals surface area contributed by atoms with Crippen LogP contribution < -0.4 is 9.64 Å².